The number of carboxylic acid groups (broad SMARTS) is 1. The fourth-order valence-corrected chi connectivity index (χ4v) is 6.23. The molecule has 12 heteroatoms. The summed E-state index contributed by atoms with van der Waals surface area (Å²) in [5, 5.41) is 8.84. The molecule has 0 aliphatic heterocycles. The summed E-state index contributed by atoms with van der Waals surface area (Å²) in [6.45, 7) is 0.898. The first-order chi connectivity index (χ1) is 13.3. The Morgan fingerprint density at radius 1 is 0.714 bits per heavy atom. The van der Waals surface area contributed by atoms with Crippen molar-refractivity contribution in [2.75, 3.05) is 55.7 Å². The van der Waals surface area contributed by atoms with Crippen LogP contribution in [0.3, 0.4) is 0 Å². The summed E-state index contributed by atoms with van der Waals surface area (Å²) < 4.78 is 32.4. The molecule has 0 atom stereocenters. The van der Waals surface area contributed by atoms with Gasteiger partial charge >= 0.3 is 23.6 Å². The van der Waals surface area contributed by atoms with Crippen molar-refractivity contribution >= 4 is 29.5 Å². The highest BCUT2D eigenvalue weighted by molar-refractivity contribution is 6.60. The summed E-state index contributed by atoms with van der Waals surface area (Å²) in [7, 11) is 3.81. The third-order valence-electron chi connectivity index (χ3n) is 4.59. The Hall–Kier alpha value is -0.866. The molecule has 0 unspecified atom stereocenters. The molecule has 28 heavy (non-hydrogen) atoms. The van der Waals surface area contributed by atoms with E-state index in [-0.39, 0.29) is 18.7 Å². The summed E-state index contributed by atoms with van der Waals surface area (Å²) in [4.78, 5) is 24.9. The van der Waals surface area contributed by atoms with Gasteiger partial charge in [0.05, 0.1) is 6.42 Å². The van der Waals surface area contributed by atoms with Crippen LogP contribution in [0.5, 0.6) is 0 Å². The van der Waals surface area contributed by atoms with Gasteiger partial charge in [0.15, 0.2) is 0 Å². The van der Waals surface area contributed by atoms with E-state index in [1.807, 2.05) is 0 Å². The number of aliphatic carboxylic acids is 1. The lowest BCUT2D eigenvalue weighted by Gasteiger charge is -2.28. The van der Waals surface area contributed by atoms with Crippen molar-refractivity contribution in [3.8, 4) is 0 Å². The minimum atomic E-state index is -2.72. The van der Waals surface area contributed by atoms with Crippen molar-refractivity contribution in [1.82, 2.24) is 4.90 Å². The SMILES string of the molecule is CO[Si](CCCN(CCC[Si](OC)(OC)OC)C(=O)CCC(=O)O)(OC)OC. The zero-order valence-electron chi connectivity index (χ0n) is 17.8. The molecule has 1 N–H and O–H groups in total. The molecule has 0 heterocycles. The van der Waals surface area contributed by atoms with Crippen LogP contribution in [0, 0.1) is 0 Å². The second-order valence-electron chi connectivity index (χ2n) is 6.07. The van der Waals surface area contributed by atoms with Crippen LogP contribution >= 0.6 is 0 Å². The molecule has 0 aromatic carbocycles. The highest BCUT2D eigenvalue weighted by Crippen LogP contribution is 2.18. The number of nitrogens with zero attached hydrogens (tertiary/aromatic N) is 1. The van der Waals surface area contributed by atoms with Gasteiger partial charge in [-0.3, -0.25) is 9.59 Å². The third kappa shape index (κ3) is 9.09. The highest BCUT2D eigenvalue weighted by atomic mass is 28.4. The molecule has 0 aromatic heterocycles. The zero-order chi connectivity index (χ0) is 21.6. The van der Waals surface area contributed by atoms with Crippen LogP contribution in [-0.4, -0.2) is 95.2 Å². The Bertz CT molecular complexity index is 417. The van der Waals surface area contributed by atoms with Crippen molar-refractivity contribution in [3.63, 3.8) is 0 Å². The van der Waals surface area contributed by atoms with E-state index in [0.29, 0.717) is 38.0 Å². The summed E-state index contributed by atoms with van der Waals surface area (Å²) in [6, 6.07) is 1.10. The Kier molecular flexibility index (Phi) is 13.7. The number of carbonyl (C=O) groups excluding carboxylic acids is 1. The first-order valence-corrected chi connectivity index (χ1v) is 12.9. The van der Waals surface area contributed by atoms with Gasteiger partial charge < -0.3 is 36.6 Å². The zero-order valence-corrected chi connectivity index (χ0v) is 19.8. The predicted octanol–water partition coefficient (Wildman–Crippen LogP) is 1.22. The van der Waals surface area contributed by atoms with Crippen LogP contribution in [0.25, 0.3) is 0 Å². The average Bonchev–Trinajstić information content (AvgIpc) is 2.72. The highest BCUT2D eigenvalue weighted by Gasteiger charge is 2.38. The molecule has 10 nitrogen and oxygen atoms in total. The van der Waals surface area contributed by atoms with Gasteiger partial charge in [-0.05, 0) is 12.8 Å². The molecule has 0 spiro atoms. The molecule has 0 bridgehead atoms. The molecule has 0 aromatic rings. The summed E-state index contributed by atoms with van der Waals surface area (Å²) in [6.07, 6.45) is 0.983. The monoisotopic (exact) mass is 441 g/mol. The first kappa shape index (κ1) is 27.1. The summed E-state index contributed by atoms with van der Waals surface area (Å²) >= 11 is 0. The Labute approximate surface area is 169 Å². The van der Waals surface area contributed by atoms with Crippen molar-refractivity contribution in [2.24, 2.45) is 0 Å². The maximum Gasteiger partial charge on any atom is 0.500 e. The number of amides is 1. The molecule has 0 aliphatic rings. The lowest BCUT2D eigenvalue weighted by molar-refractivity contribution is -0.140. The van der Waals surface area contributed by atoms with E-state index in [9.17, 15) is 9.59 Å². The lowest BCUT2D eigenvalue weighted by atomic mass is 10.2. The van der Waals surface area contributed by atoms with Gasteiger partial charge in [0, 0.05) is 74.3 Å². The van der Waals surface area contributed by atoms with Gasteiger partial charge in [0.1, 0.15) is 0 Å². The van der Waals surface area contributed by atoms with Crippen LogP contribution in [0.2, 0.25) is 12.1 Å². The van der Waals surface area contributed by atoms with E-state index in [0.717, 1.165) is 0 Å². The van der Waals surface area contributed by atoms with Gasteiger partial charge in [-0.2, -0.15) is 0 Å². The average molecular weight is 442 g/mol. The van der Waals surface area contributed by atoms with Crippen LogP contribution in [-0.2, 0) is 36.1 Å². The second kappa shape index (κ2) is 14.2. The van der Waals surface area contributed by atoms with E-state index >= 15 is 0 Å². The van der Waals surface area contributed by atoms with E-state index in [1.165, 1.54) is 0 Å². The van der Waals surface area contributed by atoms with Crippen LogP contribution in [0.1, 0.15) is 25.7 Å². The fraction of sp³-hybridized carbons (Fsp3) is 0.875. The van der Waals surface area contributed by atoms with E-state index in [1.54, 1.807) is 47.6 Å². The van der Waals surface area contributed by atoms with Crippen molar-refractivity contribution in [3.05, 3.63) is 0 Å². The van der Waals surface area contributed by atoms with Gasteiger partial charge in [0.25, 0.3) is 0 Å². The van der Waals surface area contributed by atoms with Gasteiger partial charge in [0.2, 0.25) is 5.91 Å². The summed E-state index contributed by atoms with van der Waals surface area (Å²) in [5.41, 5.74) is 0. The largest absolute Gasteiger partial charge is 0.500 e. The van der Waals surface area contributed by atoms with Crippen LogP contribution in [0.15, 0.2) is 0 Å². The molecule has 0 aliphatic carbocycles. The van der Waals surface area contributed by atoms with Gasteiger partial charge in [-0.15, -0.1) is 0 Å². The van der Waals surface area contributed by atoms with Crippen molar-refractivity contribution in [1.29, 1.82) is 0 Å². The predicted molar refractivity (Wildman–Crippen MR) is 106 cm³/mol. The number of carboxylic acids is 1. The molecule has 0 saturated carbocycles. The maximum atomic E-state index is 12.5. The number of hydrogen-bond donors (Lipinski definition) is 1. The van der Waals surface area contributed by atoms with Crippen LogP contribution < -0.4 is 0 Å². The fourth-order valence-electron chi connectivity index (χ4n) is 2.82. The third-order valence-corrected chi connectivity index (χ3v) is 10.3. The van der Waals surface area contributed by atoms with Crippen LogP contribution in [0.4, 0.5) is 0 Å². The Morgan fingerprint density at radius 3 is 1.36 bits per heavy atom. The van der Waals surface area contributed by atoms with Crippen molar-refractivity contribution in [2.45, 2.75) is 37.8 Å². The van der Waals surface area contributed by atoms with Gasteiger partial charge in [-0.25, -0.2) is 0 Å². The van der Waals surface area contributed by atoms with E-state index < -0.39 is 23.6 Å². The van der Waals surface area contributed by atoms with E-state index in [2.05, 4.69) is 0 Å². The van der Waals surface area contributed by atoms with Gasteiger partial charge in [-0.1, -0.05) is 0 Å². The molecule has 0 fully saturated rings. The van der Waals surface area contributed by atoms with E-state index in [4.69, 9.17) is 31.7 Å². The quantitative estimate of drug-likeness (QED) is 0.333. The van der Waals surface area contributed by atoms with Crippen molar-refractivity contribution < 1.29 is 41.3 Å². The standard InChI is InChI=1S/C16H35NO9Si2/c1-21-27(22-2,23-3)13-7-11-17(15(18)9-10-16(19)20)12-8-14-28(24-4,25-5)26-6/h7-14H2,1-6H3,(H,19,20). The first-order valence-electron chi connectivity index (χ1n) is 9.08. The summed E-state index contributed by atoms with van der Waals surface area (Å²) in [5.74, 6) is -1.20. The molecular formula is C16H35NO9Si2. The number of carbonyl (C=O) groups is 2. The lowest BCUT2D eigenvalue weighted by Crippen LogP contribution is -2.44. The molecule has 0 saturated heterocycles. The Balaban J connectivity index is 4.87. The normalized spacial score (nSPS) is 12.2. The Morgan fingerprint density at radius 2 is 1.07 bits per heavy atom. The minimum absolute atomic E-state index is 0.0435. The molecule has 1 amide bonds. The topological polar surface area (TPSA) is 113 Å². The molecule has 0 rings (SSSR count). The number of rotatable bonds is 17. The maximum absolute atomic E-state index is 12.5. The second-order valence-corrected chi connectivity index (χ2v) is 12.3. The molecule has 166 valence electrons. The number of hydrogen-bond acceptors (Lipinski definition) is 8. The smallest absolute Gasteiger partial charge is 0.481 e. The molecular weight excluding hydrogens is 406 g/mol. The minimum Gasteiger partial charge on any atom is -0.481 e. The molecule has 0 radical (unpaired) electrons.